The van der Waals surface area contributed by atoms with Crippen molar-refractivity contribution < 1.29 is 4.79 Å². The normalized spacial score (nSPS) is 12.0. The van der Waals surface area contributed by atoms with E-state index >= 15 is 0 Å². The van der Waals surface area contributed by atoms with Crippen LogP contribution < -0.4 is 10.9 Å². The molecule has 0 spiro atoms. The summed E-state index contributed by atoms with van der Waals surface area (Å²) in [6.07, 6.45) is 0. The Morgan fingerprint density at radius 2 is 1.79 bits per heavy atom. The van der Waals surface area contributed by atoms with Gasteiger partial charge in [-0.25, -0.2) is 4.98 Å². The van der Waals surface area contributed by atoms with E-state index < -0.39 is 5.25 Å². The molecule has 2 aromatic heterocycles. The Hall–Kier alpha value is -2.90. The third-order valence-electron chi connectivity index (χ3n) is 4.21. The largest absolute Gasteiger partial charge is 0.325 e. The molecule has 0 saturated heterocycles. The van der Waals surface area contributed by atoms with Crippen LogP contribution in [-0.4, -0.2) is 21.1 Å². The number of rotatable bonds is 5. The van der Waals surface area contributed by atoms with Crippen molar-refractivity contribution in [3.63, 3.8) is 0 Å². The van der Waals surface area contributed by atoms with Gasteiger partial charge < -0.3 is 10.3 Å². The zero-order valence-corrected chi connectivity index (χ0v) is 16.6. The maximum Gasteiger partial charge on any atom is 0.260 e. The Morgan fingerprint density at radius 3 is 2.50 bits per heavy atom. The fourth-order valence-corrected chi connectivity index (χ4v) is 4.60. The van der Waals surface area contributed by atoms with Crippen molar-refractivity contribution in [3.05, 3.63) is 76.4 Å². The van der Waals surface area contributed by atoms with Crippen LogP contribution in [0.4, 0.5) is 5.69 Å². The molecule has 0 radical (unpaired) electrons. The lowest BCUT2D eigenvalue weighted by Gasteiger charge is -2.11. The van der Waals surface area contributed by atoms with Gasteiger partial charge in [-0.15, -0.1) is 11.3 Å². The lowest BCUT2D eigenvalue weighted by molar-refractivity contribution is -0.115. The first-order valence-corrected chi connectivity index (χ1v) is 10.5. The first-order valence-electron chi connectivity index (χ1n) is 8.71. The molecule has 0 bridgehead atoms. The summed E-state index contributed by atoms with van der Waals surface area (Å²) < 4.78 is 0. The number of anilines is 1. The van der Waals surface area contributed by atoms with Crippen LogP contribution in [0.2, 0.25) is 0 Å². The van der Waals surface area contributed by atoms with Gasteiger partial charge in [0.1, 0.15) is 4.83 Å². The van der Waals surface area contributed by atoms with Crippen LogP contribution in [0.5, 0.6) is 0 Å². The molecule has 1 unspecified atom stereocenters. The summed E-state index contributed by atoms with van der Waals surface area (Å²) >= 11 is 2.66. The Labute approximate surface area is 169 Å². The number of amides is 1. The van der Waals surface area contributed by atoms with E-state index in [0.717, 1.165) is 16.8 Å². The van der Waals surface area contributed by atoms with Crippen LogP contribution in [0.15, 0.2) is 76.0 Å². The number of benzene rings is 2. The van der Waals surface area contributed by atoms with E-state index in [2.05, 4.69) is 15.3 Å². The highest BCUT2D eigenvalue weighted by molar-refractivity contribution is 8.00. The number of fused-ring (bicyclic) bond motifs is 1. The van der Waals surface area contributed by atoms with Crippen LogP contribution in [0.25, 0.3) is 21.3 Å². The highest BCUT2D eigenvalue weighted by Gasteiger charge is 2.18. The van der Waals surface area contributed by atoms with E-state index in [1.807, 2.05) is 66.0 Å². The molecule has 1 atom stereocenters. The van der Waals surface area contributed by atoms with Gasteiger partial charge in [0.05, 0.1) is 10.6 Å². The summed E-state index contributed by atoms with van der Waals surface area (Å²) in [6, 6.07) is 19.0. The Kier molecular flexibility index (Phi) is 5.27. The summed E-state index contributed by atoms with van der Waals surface area (Å²) in [6.45, 7) is 1.79. The van der Waals surface area contributed by atoms with Crippen LogP contribution in [0, 0.1) is 0 Å². The van der Waals surface area contributed by atoms with Gasteiger partial charge in [0.25, 0.3) is 5.56 Å². The molecule has 0 aliphatic heterocycles. The number of hydrogen-bond donors (Lipinski definition) is 2. The minimum Gasteiger partial charge on any atom is -0.325 e. The molecule has 1 amide bonds. The SMILES string of the molecule is CC(Sc1nc2scc(-c3ccccc3)c2c(=O)[nH]1)C(=O)Nc1ccccc1. The van der Waals surface area contributed by atoms with E-state index in [4.69, 9.17) is 0 Å². The Bertz CT molecular complexity index is 1170. The molecule has 4 aromatic rings. The number of para-hydroxylation sites is 1. The number of aromatic nitrogens is 2. The van der Waals surface area contributed by atoms with Gasteiger partial charge >= 0.3 is 0 Å². The van der Waals surface area contributed by atoms with Crippen molar-refractivity contribution in [2.45, 2.75) is 17.3 Å². The predicted molar refractivity (Wildman–Crippen MR) is 116 cm³/mol. The molecule has 4 rings (SSSR count). The molecule has 2 heterocycles. The number of H-pyrrole nitrogens is 1. The van der Waals surface area contributed by atoms with Crippen molar-refractivity contribution in [2.75, 3.05) is 5.32 Å². The molecule has 0 aliphatic rings. The number of carbonyl (C=O) groups is 1. The third-order valence-corrected chi connectivity index (χ3v) is 6.06. The predicted octanol–water partition coefficient (Wildman–Crippen LogP) is 4.77. The first kappa shape index (κ1) is 18.5. The van der Waals surface area contributed by atoms with Gasteiger partial charge in [-0.3, -0.25) is 9.59 Å². The van der Waals surface area contributed by atoms with Crippen LogP contribution in [0.1, 0.15) is 6.92 Å². The molecule has 5 nitrogen and oxygen atoms in total. The van der Waals surface area contributed by atoms with E-state index in [1.54, 1.807) is 6.92 Å². The second-order valence-electron chi connectivity index (χ2n) is 6.18. The van der Waals surface area contributed by atoms with Gasteiger partial charge in [-0.05, 0) is 24.6 Å². The highest BCUT2D eigenvalue weighted by Crippen LogP contribution is 2.31. The number of nitrogens with zero attached hydrogens (tertiary/aromatic N) is 1. The molecular formula is C21H17N3O2S2. The second kappa shape index (κ2) is 8.00. The molecular weight excluding hydrogens is 390 g/mol. The van der Waals surface area contributed by atoms with Crippen molar-refractivity contribution in [3.8, 4) is 11.1 Å². The van der Waals surface area contributed by atoms with Crippen molar-refractivity contribution in [2.24, 2.45) is 0 Å². The zero-order chi connectivity index (χ0) is 19.5. The van der Waals surface area contributed by atoms with E-state index in [-0.39, 0.29) is 11.5 Å². The van der Waals surface area contributed by atoms with E-state index in [1.165, 1.54) is 23.1 Å². The summed E-state index contributed by atoms with van der Waals surface area (Å²) in [5.41, 5.74) is 2.41. The molecule has 7 heteroatoms. The van der Waals surface area contributed by atoms with E-state index in [9.17, 15) is 9.59 Å². The summed E-state index contributed by atoms with van der Waals surface area (Å²) in [5, 5.41) is 5.43. The number of thiophene rings is 1. The minimum atomic E-state index is -0.408. The average Bonchev–Trinajstić information content (AvgIpc) is 3.14. The standard InChI is InChI=1S/C21H17N3O2S2/c1-13(18(25)22-15-10-6-3-7-11-15)28-21-23-19(26)17-16(12-27-20(17)24-21)14-8-4-2-5-9-14/h2-13H,1H3,(H,22,25)(H,23,24,26). The Balaban J connectivity index is 1.57. The zero-order valence-electron chi connectivity index (χ0n) is 15.0. The first-order chi connectivity index (χ1) is 13.6. The van der Waals surface area contributed by atoms with Crippen LogP contribution >= 0.6 is 23.1 Å². The molecule has 140 valence electrons. The Morgan fingerprint density at radius 1 is 1.11 bits per heavy atom. The average molecular weight is 408 g/mol. The topological polar surface area (TPSA) is 74.8 Å². The molecule has 0 saturated carbocycles. The lowest BCUT2D eigenvalue weighted by Crippen LogP contribution is -2.23. The summed E-state index contributed by atoms with van der Waals surface area (Å²) in [5.74, 6) is -0.143. The third kappa shape index (κ3) is 3.85. The molecule has 0 aliphatic carbocycles. The maximum atomic E-state index is 12.7. The number of hydrogen-bond acceptors (Lipinski definition) is 5. The minimum absolute atomic E-state index is 0.143. The second-order valence-corrected chi connectivity index (χ2v) is 8.37. The number of carbonyl (C=O) groups excluding carboxylic acids is 1. The summed E-state index contributed by atoms with van der Waals surface area (Å²) in [4.78, 5) is 33.1. The van der Waals surface area contributed by atoms with Crippen molar-refractivity contribution in [1.29, 1.82) is 0 Å². The number of nitrogens with one attached hydrogen (secondary N) is 2. The molecule has 2 aromatic carbocycles. The van der Waals surface area contributed by atoms with Gasteiger partial charge in [0, 0.05) is 16.6 Å². The fourth-order valence-electron chi connectivity index (χ4n) is 2.80. The number of thioether (sulfide) groups is 1. The monoisotopic (exact) mass is 407 g/mol. The van der Waals surface area contributed by atoms with Gasteiger partial charge in [-0.2, -0.15) is 0 Å². The quantitative estimate of drug-likeness (QED) is 0.369. The number of aromatic amines is 1. The van der Waals surface area contributed by atoms with Crippen LogP contribution in [0.3, 0.4) is 0 Å². The van der Waals surface area contributed by atoms with Crippen LogP contribution in [-0.2, 0) is 4.79 Å². The molecule has 28 heavy (non-hydrogen) atoms. The molecule has 2 N–H and O–H groups in total. The van der Waals surface area contributed by atoms with Gasteiger partial charge in [-0.1, -0.05) is 60.3 Å². The van der Waals surface area contributed by atoms with Gasteiger partial charge in [0.15, 0.2) is 5.16 Å². The van der Waals surface area contributed by atoms with Crippen molar-refractivity contribution in [1.82, 2.24) is 9.97 Å². The molecule has 0 fully saturated rings. The summed E-state index contributed by atoms with van der Waals surface area (Å²) in [7, 11) is 0. The van der Waals surface area contributed by atoms with E-state index in [0.29, 0.717) is 15.4 Å². The maximum absolute atomic E-state index is 12.7. The van der Waals surface area contributed by atoms with Gasteiger partial charge in [0.2, 0.25) is 5.91 Å². The highest BCUT2D eigenvalue weighted by atomic mass is 32.2. The smallest absolute Gasteiger partial charge is 0.260 e. The lowest BCUT2D eigenvalue weighted by atomic mass is 10.1. The fraction of sp³-hybridized carbons (Fsp3) is 0.0952. The van der Waals surface area contributed by atoms with Crippen molar-refractivity contribution >= 4 is 44.9 Å².